The number of nitrogens with zero attached hydrogens (tertiary/aromatic N) is 2. The number of alkyl halides is 1. The summed E-state index contributed by atoms with van der Waals surface area (Å²) in [5.74, 6) is 0.329. The van der Waals surface area contributed by atoms with Gasteiger partial charge in [0, 0.05) is 24.2 Å². The summed E-state index contributed by atoms with van der Waals surface area (Å²) < 4.78 is 0. The number of halogens is 1. The summed E-state index contributed by atoms with van der Waals surface area (Å²) in [5.41, 5.74) is 3.76. The molecule has 2 amide bonds. The highest BCUT2D eigenvalue weighted by molar-refractivity contribution is 7.21. The molecule has 3 aromatic rings. The van der Waals surface area contributed by atoms with Gasteiger partial charge in [0.1, 0.15) is 21.4 Å². The first-order valence-corrected chi connectivity index (χ1v) is 13.0. The molecule has 0 spiro atoms. The van der Waals surface area contributed by atoms with Crippen LogP contribution in [0.2, 0.25) is 0 Å². The highest BCUT2D eigenvalue weighted by Crippen LogP contribution is 2.44. The van der Waals surface area contributed by atoms with Gasteiger partial charge in [-0.15, -0.1) is 22.9 Å². The average molecular weight is 483 g/mol. The van der Waals surface area contributed by atoms with Crippen molar-refractivity contribution < 1.29 is 9.59 Å². The van der Waals surface area contributed by atoms with Crippen molar-refractivity contribution in [3.63, 3.8) is 0 Å². The molecule has 2 N–H and O–H groups in total. The summed E-state index contributed by atoms with van der Waals surface area (Å²) in [6, 6.07) is 9.34. The standard InChI is InChI=1S/C25H27ClN4O2S/c26-15-19(31)28-21-20-17-11-5-6-12-18(17)23(30-13-7-2-8-14-30)29-25(20)33-22(21)24(32)27-16-9-3-1-4-10-16/h1,3-4,9-10H,2,5-8,11-15H2,(H,27,32)(H,28,31). The molecule has 5 rings (SSSR count). The molecule has 1 aliphatic carbocycles. The molecule has 1 aromatic carbocycles. The van der Waals surface area contributed by atoms with Crippen molar-refractivity contribution in [2.24, 2.45) is 0 Å². The minimum atomic E-state index is -0.324. The van der Waals surface area contributed by atoms with Gasteiger partial charge in [-0.1, -0.05) is 18.2 Å². The number of anilines is 3. The van der Waals surface area contributed by atoms with Gasteiger partial charge in [-0.3, -0.25) is 9.59 Å². The summed E-state index contributed by atoms with van der Waals surface area (Å²) in [6.45, 7) is 2.04. The Labute approximate surface area is 202 Å². The zero-order valence-corrected chi connectivity index (χ0v) is 20.0. The Morgan fingerprint density at radius 1 is 0.970 bits per heavy atom. The van der Waals surface area contributed by atoms with Crippen molar-refractivity contribution in [3.8, 4) is 0 Å². The van der Waals surface area contributed by atoms with Gasteiger partial charge in [-0.25, -0.2) is 4.98 Å². The zero-order valence-electron chi connectivity index (χ0n) is 18.5. The van der Waals surface area contributed by atoms with E-state index in [9.17, 15) is 9.59 Å². The molecule has 1 aliphatic heterocycles. The number of nitrogens with one attached hydrogen (secondary N) is 2. The maximum atomic E-state index is 13.3. The van der Waals surface area contributed by atoms with E-state index in [1.54, 1.807) is 0 Å². The number of amides is 2. The Morgan fingerprint density at radius 2 is 1.70 bits per heavy atom. The summed E-state index contributed by atoms with van der Waals surface area (Å²) in [6.07, 6.45) is 7.76. The minimum Gasteiger partial charge on any atom is -0.356 e. The summed E-state index contributed by atoms with van der Waals surface area (Å²) in [7, 11) is 0. The number of fused-ring (bicyclic) bond motifs is 3. The van der Waals surface area contributed by atoms with E-state index in [-0.39, 0.29) is 17.7 Å². The summed E-state index contributed by atoms with van der Waals surface area (Å²) in [4.78, 5) is 34.4. The van der Waals surface area contributed by atoms with Crippen LogP contribution in [-0.2, 0) is 17.6 Å². The maximum Gasteiger partial charge on any atom is 0.267 e. The monoisotopic (exact) mass is 482 g/mol. The number of hydrogen-bond acceptors (Lipinski definition) is 5. The van der Waals surface area contributed by atoms with Crippen LogP contribution in [0, 0.1) is 0 Å². The molecule has 0 saturated carbocycles. The normalized spacial score (nSPS) is 15.8. The SMILES string of the molecule is O=C(CCl)Nc1c(C(=O)Nc2ccccc2)sc2nc(N3CCCCC3)c3c(c12)CCCC3. The number of aryl methyl sites for hydroxylation is 1. The fraction of sp³-hybridized carbons (Fsp3) is 0.400. The molecule has 6 nitrogen and oxygen atoms in total. The fourth-order valence-electron chi connectivity index (χ4n) is 4.90. The van der Waals surface area contributed by atoms with Crippen molar-refractivity contribution >= 4 is 62.2 Å². The minimum absolute atomic E-state index is 0.168. The zero-order chi connectivity index (χ0) is 22.8. The number of piperidine rings is 1. The van der Waals surface area contributed by atoms with E-state index in [1.165, 1.54) is 41.7 Å². The molecule has 0 bridgehead atoms. The van der Waals surface area contributed by atoms with Crippen molar-refractivity contribution in [1.82, 2.24) is 4.98 Å². The Balaban J connectivity index is 1.65. The van der Waals surface area contributed by atoms with Gasteiger partial charge in [-0.2, -0.15) is 0 Å². The van der Waals surface area contributed by atoms with Crippen molar-refractivity contribution in [1.29, 1.82) is 0 Å². The van der Waals surface area contributed by atoms with Crippen LogP contribution in [0.1, 0.15) is 52.9 Å². The van der Waals surface area contributed by atoms with E-state index < -0.39 is 0 Å². The summed E-state index contributed by atoms with van der Waals surface area (Å²) in [5, 5.41) is 6.79. The van der Waals surface area contributed by atoms with E-state index in [4.69, 9.17) is 16.6 Å². The smallest absolute Gasteiger partial charge is 0.267 e. The number of carbonyl (C=O) groups excluding carboxylic acids is 2. The van der Waals surface area contributed by atoms with Crippen LogP contribution in [0.5, 0.6) is 0 Å². The number of para-hydroxylation sites is 1. The Bertz CT molecular complexity index is 1190. The molecule has 0 radical (unpaired) electrons. The fourth-order valence-corrected chi connectivity index (χ4v) is 6.02. The molecule has 0 unspecified atom stereocenters. The Hall–Kier alpha value is -2.64. The first-order chi connectivity index (χ1) is 16.2. The Morgan fingerprint density at radius 3 is 2.42 bits per heavy atom. The van der Waals surface area contributed by atoms with Gasteiger partial charge in [0.25, 0.3) is 5.91 Å². The predicted octanol–water partition coefficient (Wildman–Crippen LogP) is 5.60. The van der Waals surface area contributed by atoms with Crippen LogP contribution in [0.3, 0.4) is 0 Å². The lowest BCUT2D eigenvalue weighted by Crippen LogP contribution is -2.31. The van der Waals surface area contributed by atoms with Crippen LogP contribution in [0.4, 0.5) is 17.2 Å². The molecule has 33 heavy (non-hydrogen) atoms. The second-order valence-corrected chi connectivity index (χ2v) is 9.90. The summed E-state index contributed by atoms with van der Waals surface area (Å²) >= 11 is 7.17. The number of thiophene rings is 1. The molecule has 1 saturated heterocycles. The topological polar surface area (TPSA) is 74.3 Å². The lowest BCUT2D eigenvalue weighted by Gasteiger charge is -2.32. The van der Waals surface area contributed by atoms with Crippen molar-refractivity contribution in [2.75, 3.05) is 34.5 Å². The molecule has 0 atom stereocenters. The van der Waals surface area contributed by atoms with Gasteiger partial charge in [0.05, 0.1) is 5.69 Å². The Kier molecular flexibility index (Phi) is 6.51. The first kappa shape index (κ1) is 22.2. The van der Waals surface area contributed by atoms with Crippen LogP contribution < -0.4 is 15.5 Å². The number of pyridine rings is 1. The molecule has 8 heteroatoms. The third-order valence-electron chi connectivity index (χ3n) is 6.42. The number of benzene rings is 1. The highest BCUT2D eigenvalue weighted by Gasteiger charge is 2.29. The molecule has 1 fully saturated rings. The molecule has 172 valence electrons. The van der Waals surface area contributed by atoms with Gasteiger partial charge in [0.2, 0.25) is 5.91 Å². The number of aromatic nitrogens is 1. The highest BCUT2D eigenvalue weighted by atomic mass is 35.5. The lowest BCUT2D eigenvalue weighted by atomic mass is 9.89. The second-order valence-electron chi connectivity index (χ2n) is 8.64. The largest absolute Gasteiger partial charge is 0.356 e. The first-order valence-electron chi connectivity index (χ1n) is 11.6. The van der Waals surface area contributed by atoms with E-state index in [0.717, 1.165) is 54.8 Å². The van der Waals surface area contributed by atoms with Gasteiger partial charge < -0.3 is 15.5 Å². The van der Waals surface area contributed by atoms with E-state index >= 15 is 0 Å². The number of carbonyl (C=O) groups is 2. The molecular weight excluding hydrogens is 456 g/mol. The van der Waals surface area contributed by atoms with Gasteiger partial charge >= 0.3 is 0 Å². The number of rotatable bonds is 5. The lowest BCUT2D eigenvalue weighted by molar-refractivity contribution is -0.113. The van der Waals surface area contributed by atoms with Crippen LogP contribution >= 0.6 is 22.9 Å². The van der Waals surface area contributed by atoms with Gasteiger partial charge in [-0.05, 0) is 68.2 Å². The van der Waals surface area contributed by atoms with Crippen LogP contribution in [0.25, 0.3) is 10.2 Å². The third kappa shape index (κ3) is 4.44. The van der Waals surface area contributed by atoms with Gasteiger partial charge in [0.15, 0.2) is 0 Å². The maximum absolute atomic E-state index is 13.3. The van der Waals surface area contributed by atoms with Crippen molar-refractivity contribution in [2.45, 2.75) is 44.9 Å². The molecular formula is C25H27ClN4O2S. The van der Waals surface area contributed by atoms with E-state index in [1.807, 2.05) is 30.3 Å². The number of hydrogen-bond donors (Lipinski definition) is 2. The average Bonchev–Trinajstić information content (AvgIpc) is 3.23. The van der Waals surface area contributed by atoms with E-state index in [0.29, 0.717) is 16.3 Å². The molecule has 3 heterocycles. The predicted molar refractivity (Wildman–Crippen MR) is 136 cm³/mol. The van der Waals surface area contributed by atoms with Crippen LogP contribution in [0.15, 0.2) is 30.3 Å². The second kappa shape index (κ2) is 9.69. The van der Waals surface area contributed by atoms with Crippen molar-refractivity contribution in [3.05, 3.63) is 46.3 Å². The third-order valence-corrected chi connectivity index (χ3v) is 7.74. The molecule has 2 aliphatic rings. The van der Waals surface area contributed by atoms with Crippen LogP contribution in [-0.4, -0.2) is 35.8 Å². The van der Waals surface area contributed by atoms with E-state index in [2.05, 4.69) is 15.5 Å². The molecule has 2 aromatic heterocycles. The quantitative estimate of drug-likeness (QED) is 0.464.